The standard InChI is InChI=1S/C23H30N4O3/c1-22(2)12-19(28)27(21(24)26-22)13-14-10-16(14)20(29)25-17-11-23(8-5-9-23)30-18-7-4-3-6-15(17)18/h3-4,6-7,14,16-17H,5,8-13H2,1-2H3,(H2,24,26)(H,25,29). The molecule has 5 rings (SSSR count). The number of hydrogen-bond acceptors (Lipinski definition) is 5. The maximum atomic E-state index is 13.0. The summed E-state index contributed by atoms with van der Waals surface area (Å²) in [5.74, 6) is 1.28. The Morgan fingerprint density at radius 2 is 2.10 bits per heavy atom. The predicted octanol–water partition coefficient (Wildman–Crippen LogP) is 2.51. The average molecular weight is 411 g/mol. The Hall–Kier alpha value is -2.57. The van der Waals surface area contributed by atoms with E-state index in [1.54, 1.807) is 4.90 Å². The minimum atomic E-state index is -0.452. The smallest absolute Gasteiger partial charge is 0.231 e. The second-order valence-electron chi connectivity index (χ2n) is 10.0. The van der Waals surface area contributed by atoms with Crippen molar-refractivity contribution in [2.45, 2.75) is 69.6 Å². The van der Waals surface area contributed by atoms with Crippen LogP contribution in [0, 0.1) is 11.8 Å². The highest BCUT2D eigenvalue weighted by Crippen LogP contribution is 2.49. The molecule has 0 radical (unpaired) electrons. The predicted molar refractivity (Wildman–Crippen MR) is 113 cm³/mol. The number of para-hydroxylation sites is 1. The molecule has 2 aliphatic heterocycles. The SMILES string of the molecule is CC1(C)CC(=O)N(CC2CC2C(=O)NC2CC3(CCC3)Oc3ccccc32)C(N)=N1. The van der Waals surface area contributed by atoms with E-state index in [2.05, 4.69) is 10.3 Å². The average Bonchev–Trinajstić information content (AvgIpc) is 3.42. The van der Waals surface area contributed by atoms with Gasteiger partial charge in [0.15, 0.2) is 5.96 Å². The molecular weight excluding hydrogens is 380 g/mol. The number of hydrogen-bond donors (Lipinski definition) is 2. The molecule has 1 aromatic carbocycles. The summed E-state index contributed by atoms with van der Waals surface area (Å²) in [7, 11) is 0. The number of guanidine groups is 1. The molecule has 1 aromatic rings. The summed E-state index contributed by atoms with van der Waals surface area (Å²) < 4.78 is 6.28. The number of carbonyl (C=O) groups is 2. The molecule has 2 saturated carbocycles. The first-order chi connectivity index (χ1) is 14.3. The molecule has 7 heteroatoms. The molecular formula is C23H30N4O3. The van der Waals surface area contributed by atoms with E-state index >= 15 is 0 Å². The van der Waals surface area contributed by atoms with Gasteiger partial charge in [-0.1, -0.05) is 18.2 Å². The van der Waals surface area contributed by atoms with Gasteiger partial charge in [-0.05, 0) is 51.5 Å². The van der Waals surface area contributed by atoms with E-state index in [1.807, 2.05) is 38.1 Å². The number of nitrogens with two attached hydrogens (primary N) is 1. The molecule has 1 spiro atoms. The van der Waals surface area contributed by atoms with Crippen LogP contribution in [0.2, 0.25) is 0 Å². The summed E-state index contributed by atoms with van der Waals surface area (Å²) in [6.07, 6.45) is 5.22. The fraction of sp³-hybridized carbons (Fsp3) is 0.609. The summed E-state index contributed by atoms with van der Waals surface area (Å²) in [5.41, 5.74) is 6.53. The first-order valence-corrected chi connectivity index (χ1v) is 11.0. The summed E-state index contributed by atoms with van der Waals surface area (Å²) in [5, 5.41) is 3.28. The van der Waals surface area contributed by atoms with Crippen LogP contribution in [0.5, 0.6) is 5.75 Å². The number of fused-ring (bicyclic) bond motifs is 1. The summed E-state index contributed by atoms with van der Waals surface area (Å²) in [4.78, 5) is 31.5. The van der Waals surface area contributed by atoms with Crippen LogP contribution in [0.15, 0.2) is 29.3 Å². The van der Waals surface area contributed by atoms with E-state index < -0.39 is 5.54 Å². The molecule has 30 heavy (non-hydrogen) atoms. The van der Waals surface area contributed by atoms with Gasteiger partial charge in [-0.2, -0.15) is 0 Å². The third-order valence-electron chi connectivity index (χ3n) is 7.03. The van der Waals surface area contributed by atoms with Gasteiger partial charge in [-0.15, -0.1) is 0 Å². The van der Waals surface area contributed by atoms with E-state index in [1.165, 1.54) is 6.42 Å². The molecule has 2 aliphatic carbocycles. The third-order valence-corrected chi connectivity index (χ3v) is 7.03. The zero-order chi connectivity index (χ0) is 21.1. The van der Waals surface area contributed by atoms with Crippen molar-refractivity contribution in [3.8, 4) is 5.75 Å². The number of ether oxygens (including phenoxy) is 1. The Balaban J connectivity index is 1.24. The lowest BCUT2D eigenvalue weighted by atomic mass is 9.73. The fourth-order valence-electron chi connectivity index (χ4n) is 5.11. The van der Waals surface area contributed by atoms with Gasteiger partial charge in [-0.25, -0.2) is 4.99 Å². The van der Waals surface area contributed by atoms with Crippen molar-refractivity contribution in [3.05, 3.63) is 29.8 Å². The van der Waals surface area contributed by atoms with Crippen molar-refractivity contribution in [2.75, 3.05) is 6.54 Å². The van der Waals surface area contributed by atoms with Crippen LogP contribution in [0.4, 0.5) is 0 Å². The Labute approximate surface area is 177 Å². The molecule has 7 nitrogen and oxygen atoms in total. The zero-order valence-corrected chi connectivity index (χ0v) is 17.7. The summed E-state index contributed by atoms with van der Waals surface area (Å²) >= 11 is 0. The van der Waals surface area contributed by atoms with Gasteiger partial charge in [0.1, 0.15) is 11.4 Å². The zero-order valence-electron chi connectivity index (χ0n) is 17.7. The minimum absolute atomic E-state index is 0.0103. The van der Waals surface area contributed by atoms with Gasteiger partial charge in [0.25, 0.3) is 0 Å². The van der Waals surface area contributed by atoms with Gasteiger partial charge >= 0.3 is 0 Å². The van der Waals surface area contributed by atoms with Crippen molar-refractivity contribution in [1.82, 2.24) is 10.2 Å². The van der Waals surface area contributed by atoms with Crippen molar-refractivity contribution in [3.63, 3.8) is 0 Å². The van der Waals surface area contributed by atoms with Gasteiger partial charge in [0.2, 0.25) is 11.8 Å². The molecule has 160 valence electrons. The number of amides is 2. The maximum Gasteiger partial charge on any atom is 0.231 e. The highest BCUT2D eigenvalue weighted by atomic mass is 16.5. The summed E-state index contributed by atoms with van der Waals surface area (Å²) in [6.45, 7) is 4.28. The largest absolute Gasteiger partial charge is 0.487 e. The van der Waals surface area contributed by atoms with Crippen molar-refractivity contribution < 1.29 is 14.3 Å². The number of nitrogens with zero attached hydrogens (tertiary/aromatic N) is 2. The van der Waals surface area contributed by atoms with Crippen molar-refractivity contribution >= 4 is 17.8 Å². The van der Waals surface area contributed by atoms with E-state index in [0.29, 0.717) is 13.0 Å². The van der Waals surface area contributed by atoms with Crippen LogP contribution < -0.4 is 15.8 Å². The number of nitrogens with one attached hydrogen (secondary N) is 1. The molecule has 4 aliphatic rings. The van der Waals surface area contributed by atoms with Crippen LogP contribution in [-0.4, -0.2) is 40.4 Å². The molecule has 2 fully saturated rings. The Morgan fingerprint density at radius 3 is 2.80 bits per heavy atom. The highest BCUT2D eigenvalue weighted by molar-refractivity contribution is 5.99. The van der Waals surface area contributed by atoms with Gasteiger partial charge in [0, 0.05) is 24.4 Å². The lowest BCUT2D eigenvalue weighted by Gasteiger charge is -2.48. The Kier molecular flexibility index (Phi) is 4.35. The molecule has 0 saturated heterocycles. The van der Waals surface area contributed by atoms with E-state index in [4.69, 9.17) is 10.5 Å². The molecule has 3 atom stereocenters. The molecule has 2 heterocycles. The number of benzene rings is 1. The van der Waals surface area contributed by atoms with Crippen LogP contribution in [0.1, 0.15) is 64.0 Å². The molecule has 2 amide bonds. The molecule has 3 N–H and O–H groups in total. The number of aliphatic imine (C=N–C) groups is 1. The lowest BCUT2D eigenvalue weighted by molar-refractivity contribution is -0.130. The molecule has 0 aromatic heterocycles. The van der Waals surface area contributed by atoms with E-state index in [-0.39, 0.29) is 41.3 Å². The van der Waals surface area contributed by atoms with Gasteiger partial charge in [0.05, 0.1) is 18.0 Å². The van der Waals surface area contributed by atoms with Crippen molar-refractivity contribution in [1.29, 1.82) is 0 Å². The normalized spacial score (nSPS) is 30.6. The Bertz CT molecular complexity index is 921. The maximum absolute atomic E-state index is 13.0. The highest BCUT2D eigenvalue weighted by Gasteiger charge is 2.49. The van der Waals surface area contributed by atoms with Crippen LogP contribution in [0.3, 0.4) is 0 Å². The van der Waals surface area contributed by atoms with Crippen LogP contribution >= 0.6 is 0 Å². The van der Waals surface area contributed by atoms with Gasteiger partial charge in [-0.3, -0.25) is 14.5 Å². The van der Waals surface area contributed by atoms with Crippen LogP contribution in [-0.2, 0) is 9.59 Å². The van der Waals surface area contributed by atoms with Crippen LogP contribution in [0.25, 0.3) is 0 Å². The second kappa shape index (κ2) is 6.72. The quantitative estimate of drug-likeness (QED) is 0.797. The molecule has 0 bridgehead atoms. The van der Waals surface area contributed by atoms with E-state index in [0.717, 1.165) is 37.0 Å². The first-order valence-electron chi connectivity index (χ1n) is 11.0. The number of carbonyl (C=O) groups excluding carboxylic acids is 2. The molecule has 3 unspecified atom stereocenters. The third kappa shape index (κ3) is 3.44. The minimum Gasteiger partial charge on any atom is -0.487 e. The second-order valence-corrected chi connectivity index (χ2v) is 10.0. The monoisotopic (exact) mass is 410 g/mol. The topological polar surface area (TPSA) is 97.0 Å². The first kappa shape index (κ1) is 19.4. The fourth-order valence-corrected chi connectivity index (χ4v) is 5.11. The lowest BCUT2D eigenvalue weighted by Crippen LogP contribution is -2.51. The van der Waals surface area contributed by atoms with E-state index in [9.17, 15) is 9.59 Å². The Morgan fingerprint density at radius 1 is 1.33 bits per heavy atom. The van der Waals surface area contributed by atoms with Gasteiger partial charge < -0.3 is 15.8 Å². The summed E-state index contributed by atoms with van der Waals surface area (Å²) in [6, 6.07) is 8.00. The van der Waals surface area contributed by atoms with Crippen molar-refractivity contribution in [2.24, 2.45) is 22.6 Å². The number of rotatable bonds is 4.